The maximum absolute atomic E-state index is 11.8. The van der Waals surface area contributed by atoms with Crippen molar-refractivity contribution in [2.45, 2.75) is 51.8 Å². The van der Waals surface area contributed by atoms with Crippen molar-refractivity contribution in [2.24, 2.45) is 5.92 Å². The lowest BCUT2D eigenvalue weighted by Gasteiger charge is -2.18. The fourth-order valence-electron chi connectivity index (χ4n) is 1.29. The largest absolute Gasteiger partial charge is 0.317 e. The van der Waals surface area contributed by atoms with E-state index >= 15 is 0 Å². The monoisotopic (exact) mass is 219 g/mol. The molecule has 86 valence electrons. The topological polar surface area (TPSA) is 29.1 Å². The first-order valence-electron chi connectivity index (χ1n) is 5.55. The molecule has 4 unspecified atom stereocenters. The Labute approximate surface area is 91.3 Å². The molecule has 3 heteroatoms. The van der Waals surface area contributed by atoms with E-state index in [-0.39, 0.29) is 0 Å². The van der Waals surface area contributed by atoms with E-state index in [2.05, 4.69) is 33.0 Å². The lowest BCUT2D eigenvalue weighted by atomic mass is 10.2. The van der Waals surface area contributed by atoms with Gasteiger partial charge < -0.3 is 5.32 Å². The van der Waals surface area contributed by atoms with Crippen LogP contribution < -0.4 is 5.32 Å². The molecular weight excluding hydrogens is 194 g/mol. The molecule has 0 rings (SSSR count). The van der Waals surface area contributed by atoms with E-state index in [0.717, 1.165) is 18.6 Å². The zero-order valence-electron chi connectivity index (χ0n) is 10.2. The summed E-state index contributed by atoms with van der Waals surface area (Å²) < 4.78 is 11.8. The van der Waals surface area contributed by atoms with Crippen molar-refractivity contribution in [3.63, 3.8) is 0 Å². The number of hydrogen-bond donors (Lipinski definition) is 1. The van der Waals surface area contributed by atoms with Gasteiger partial charge in [0.25, 0.3) is 0 Å². The summed E-state index contributed by atoms with van der Waals surface area (Å²) in [6.07, 6.45) is 2.12. The fourth-order valence-corrected chi connectivity index (χ4v) is 2.91. The van der Waals surface area contributed by atoms with Gasteiger partial charge >= 0.3 is 0 Å². The third-order valence-electron chi connectivity index (χ3n) is 2.77. The molecule has 0 heterocycles. The standard InChI is InChI=1S/C11H25NOS/c1-6-9(2)8-14(13)11(4)7-10(3)12-5/h9-12H,6-8H2,1-5H3. The quantitative estimate of drug-likeness (QED) is 0.711. The Morgan fingerprint density at radius 3 is 2.29 bits per heavy atom. The molecule has 1 N–H and O–H groups in total. The highest BCUT2D eigenvalue weighted by molar-refractivity contribution is 7.85. The van der Waals surface area contributed by atoms with Gasteiger partial charge in [-0.1, -0.05) is 27.2 Å². The molecule has 0 aromatic rings. The third-order valence-corrected chi connectivity index (χ3v) is 4.76. The summed E-state index contributed by atoms with van der Waals surface area (Å²) >= 11 is 0. The molecule has 0 saturated heterocycles. The van der Waals surface area contributed by atoms with Crippen molar-refractivity contribution in [1.82, 2.24) is 5.32 Å². The van der Waals surface area contributed by atoms with Gasteiger partial charge in [-0.2, -0.15) is 0 Å². The Morgan fingerprint density at radius 1 is 1.29 bits per heavy atom. The minimum Gasteiger partial charge on any atom is -0.317 e. The van der Waals surface area contributed by atoms with Gasteiger partial charge in [0, 0.05) is 27.8 Å². The maximum Gasteiger partial charge on any atom is 0.0334 e. The van der Waals surface area contributed by atoms with Crippen LogP contribution in [0.4, 0.5) is 0 Å². The Hall–Kier alpha value is 0.110. The van der Waals surface area contributed by atoms with Gasteiger partial charge in [-0.05, 0) is 26.3 Å². The predicted molar refractivity (Wildman–Crippen MR) is 65.1 cm³/mol. The summed E-state index contributed by atoms with van der Waals surface area (Å²) in [6, 6.07) is 0.464. The van der Waals surface area contributed by atoms with Crippen LogP contribution in [0.1, 0.15) is 40.5 Å². The molecule has 14 heavy (non-hydrogen) atoms. The van der Waals surface area contributed by atoms with Crippen LogP contribution >= 0.6 is 0 Å². The van der Waals surface area contributed by atoms with Gasteiger partial charge in [0.15, 0.2) is 0 Å². The van der Waals surface area contributed by atoms with E-state index in [0.29, 0.717) is 17.2 Å². The number of nitrogens with one attached hydrogen (secondary N) is 1. The van der Waals surface area contributed by atoms with Crippen molar-refractivity contribution >= 4 is 10.8 Å². The summed E-state index contributed by atoms with van der Waals surface area (Å²) in [4.78, 5) is 0. The average Bonchev–Trinajstić information content (AvgIpc) is 2.17. The van der Waals surface area contributed by atoms with Gasteiger partial charge in [-0.3, -0.25) is 4.21 Å². The molecule has 0 spiro atoms. The second kappa shape index (κ2) is 7.41. The molecule has 0 aliphatic rings. The van der Waals surface area contributed by atoms with E-state index in [1.165, 1.54) is 0 Å². The summed E-state index contributed by atoms with van der Waals surface area (Å²) in [5.41, 5.74) is 0. The van der Waals surface area contributed by atoms with Crippen LogP contribution in [0.25, 0.3) is 0 Å². The van der Waals surface area contributed by atoms with Gasteiger partial charge in [0.05, 0.1) is 0 Å². The van der Waals surface area contributed by atoms with Crippen molar-refractivity contribution in [3.8, 4) is 0 Å². The molecule has 0 aromatic carbocycles. The van der Waals surface area contributed by atoms with E-state index < -0.39 is 10.8 Å². The zero-order valence-corrected chi connectivity index (χ0v) is 11.0. The first-order valence-corrected chi connectivity index (χ1v) is 6.93. The SMILES string of the molecule is CCC(C)CS(=O)C(C)CC(C)NC. The van der Waals surface area contributed by atoms with Crippen LogP contribution in [0, 0.1) is 5.92 Å². The molecule has 0 aliphatic carbocycles. The maximum atomic E-state index is 11.8. The van der Waals surface area contributed by atoms with E-state index in [1.807, 2.05) is 7.05 Å². The van der Waals surface area contributed by atoms with Gasteiger partial charge in [-0.25, -0.2) is 0 Å². The van der Waals surface area contributed by atoms with Crippen molar-refractivity contribution < 1.29 is 4.21 Å². The zero-order chi connectivity index (χ0) is 11.1. The van der Waals surface area contributed by atoms with Gasteiger partial charge in [-0.15, -0.1) is 0 Å². The Morgan fingerprint density at radius 2 is 1.86 bits per heavy atom. The van der Waals surface area contributed by atoms with Crippen molar-refractivity contribution in [1.29, 1.82) is 0 Å². The van der Waals surface area contributed by atoms with Gasteiger partial charge in [0.1, 0.15) is 0 Å². The lowest BCUT2D eigenvalue weighted by Crippen LogP contribution is -2.29. The summed E-state index contributed by atoms with van der Waals surface area (Å²) in [6.45, 7) is 8.55. The summed E-state index contributed by atoms with van der Waals surface area (Å²) in [5, 5.41) is 3.50. The normalized spacial score (nSPS) is 20.1. The average molecular weight is 219 g/mol. The smallest absolute Gasteiger partial charge is 0.0334 e. The Kier molecular flexibility index (Phi) is 7.47. The molecule has 0 radical (unpaired) electrons. The molecule has 0 amide bonds. The first-order chi connectivity index (χ1) is 6.51. The third kappa shape index (κ3) is 5.76. The summed E-state index contributed by atoms with van der Waals surface area (Å²) in [7, 11) is 1.30. The van der Waals surface area contributed by atoms with Crippen LogP contribution in [0.3, 0.4) is 0 Å². The second-order valence-electron chi connectivity index (χ2n) is 4.30. The van der Waals surface area contributed by atoms with Crippen molar-refractivity contribution in [3.05, 3.63) is 0 Å². The molecule has 2 nitrogen and oxygen atoms in total. The van der Waals surface area contributed by atoms with Crippen LogP contribution in [0.5, 0.6) is 0 Å². The highest BCUT2D eigenvalue weighted by Crippen LogP contribution is 2.10. The van der Waals surface area contributed by atoms with E-state index in [9.17, 15) is 4.21 Å². The minimum absolute atomic E-state index is 0.312. The van der Waals surface area contributed by atoms with Crippen LogP contribution in [-0.2, 0) is 10.8 Å². The van der Waals surface area contributed by atoms with Gasteiger partial charge in [0.2, 0.25) is 0 Å². The predicted octanol–water partition coefficient (Wildman–Crippen LogP) is 2.17. The second-order valence-corrected chi connectivity index (χ2v) is 6.20. The van der Waals surface area contributed by atoms with E-state index in [1.54, 1.807) is 0 Å². The molecule has 4 atom stereocenters. The molecule has 0 bridgehead atoms. The van der Waals surface area contributed by atoms with Crippen LogP contribution in [0.2, 0.25) is 0 Å². The van der Waals surface area contributed by atoms with Crippen LogP contribution in [-0.4, -0.2) is 28.3 Å². The molecule has 0 saturated carbocycles. The number of hydrogen-bond acceptors (Lipinski definition) is 2. The van der Waals surface area contributed by atoms with E-state index in [4.69, 9.17) is 0 Å². The minimum atomic E-state index is -0.657. The molecule has 0 aromatic heterocycles. The lowest BCUT2D eigenvalue weighted by molar-refractivity contribution is 0.549. The number of rotatable bonds is 7. The molecule has 0 fully saturated rings. The summed E-state index contributed by atoms with van der Waals surface area (Å²) in [5.74, 6) is 1.44. The van der Waals surface area contributed by atoms with Crippen LogP contribution in [0.15, 0.2) is 0 Å². The molecule has 0 aliphatic heterocycles. The first kappa shape index (κ1) is 14.1. The Balaban J connectivity index is 3.87. The highest BCUT2D eigenvalue weighted by Gasteiger charge is 2.15. The Bertz CT molecular complexity index is 173. The highest BCUT2D eigenvalue weighted by atomic mass is 32.2. The van der Waals surface area contributed by atoms with Crippen molar-refractivity contribution in [2.75, 3.05) is 12.8 Å². The molecular formula is C11H25NOS. The fraction of sp³-hybridized carbons (Fsp3) is 1.00.